The van der Waals surface area contributed by atoms with Gasteiger partial charge in [-0.3, -0.25) is 4.79 Å². The van der Waals surface area contributed by atoms with Crippen LogP contribution in [-0.2, 0) is 23.9 Å². The molecule has 2 aromatic rings. The largest absolute Gasteiger partial charge is 0.481 e. The Kier molecular flexibility index (Phi) is 10.2. The number of likely N-dealkylation sites (tertiary alicyclic amines) is 1. The smallest absolute Gasteiger partial charge is 0.421 e. The van der Waals surface area contributed by atoms with E-state index in [1.165, 1.54) is 19.6 Å². The number of fused-ring (bicyclic) bond motifs is 1. The highest BCUT2D eigenvalue weighted by Gasteiger charge is 2.36. The molecule has 11 nitrogen and oxygen atoms in total. The molecule has 14 heteroatoms. The van der Waals surface area contributed by atoms with E-state index in [0.717, 1.165) is 23.7 Å². The van der Waals surface area contributed by atoms with Gasteiger partial charge in [-0.05, 0) is 12.5 Å². The number of pyridine rings is 1. The minimum atomic E-state index is -4.57. The van der Waals surface area contributed by atoms with E-state index < -0.39 is 17.6 Å². The van der Waals surface area contributed by atoms with Crippen molar-refractivity contribution in [1.82, 2.24) is 19.9 Å². The Balaban J connectivity index is 0.00000204. The molecule has 1 atom stereocenters. The van der Waals surface area contributed by atoms with Gasteiger partial charge < -0.3 is 36.3 Å². The van der Waals surface area contributed by atoms with Crippen LogP contribution in [0, 0.1) is 0 Å². The van der Waals surface area contributed by atoms with E-state index in [2.05, 4.69) is 20.3 Å². The van der Waals surface area contributed by atoms with E-state index in [4.69, 9.17) is 4.74 Å². The molecule has 0 aromatic carbocycles. The number of amides is 1. The number of carbonyl (C=O) groups excluding carboxylic acids is 1. The first-order chi connectivity index (χ1) is 15.3. The van der Waals surface area contributed by atoms with Gasteiger partial charge in [-0.1, -0.05) is 6.92 Å². The molecule has 2 aliphatic rings. The van der Waals surface area contributed by atoms with E-state index >= 15 is 0 Å². The highest BCUT2D eigenvalue weighted by Crippen LogP contribution is 2.38. The number of methoxy groups -OCH3 is 1. The Bertz CT molecular complexity index is 1010. The average molecular weight is 505 g/mol. The Morgan fingerprint density at radius 2 is 1.94 bits per heavy atom. The minimum absolute atomic E-state index is 0. The maximum Gasteiger partial charge on any atom is 0.421 e. The van der Waals surface area contributed by atoms with Crippen molar-refractivity contribution in [1.29, 1.82) is 0 Å². The number of nitrogens with zero attached hydrogens (tertiary/aromatic N) is 5. The average Bonchev–Trinajstić information content (AvgIpc) is 3.26. The number of hydrogen-bond donors (Lipinski definition) is 1. The van der Waals surface area contributed by atoms with E-state index in [1.54, 1.807) is 0 Å². The zero-order valence-corrected chi connectivity index (χ0v) is 19.4. The van der Waals surface area contributed by atoms with Crippen LogP contribution >= 0.6 is 0 Å². The Labute approximate surface area is 200 Å². The lowest BCUT2D eigenvalue weighted by molar-refractivity contribution is -0.139. The van der Waals surface area contributed by atoms with Crippen molar-refractivity contribution in [3.8, 4) is 5.88 Å². The van der Waals surface area contributed by atoms with Crippen LogP contribution < -0.4 is 15.0 Å². The summed E-state index contributed by atoms with van der Waals surface area (Å²) < 4.78 is 45.1. The fraction of sp³-hybridized carbons (Fsp3) is 0.524. The van der Waals surface area contributed by atoms with Gasteiger partial charge in [-0.15, -0.1) is 0 Å². The van der Waals surface area contributed by atoms with Gasteiger partial charge in [0.1, 0.15) is 17.7 Å². The molecule has 1 fully saturated rings. The molecule has 0 saturated carbocycles. The van der Waals surface area contributed by atoms with Crippen molar-refractivity contribution in [3.05, 3.63) is 35.4 Å². The zero-order chi connectivity index (χ0) is 22.9. The van der Waals surface area contributed by atoms with Crippen LogP contribution in [0.25, 0.3) is 0 Å². The number of hydrogen-bond acceptors (Lipinski definition) is 7. The molecule has 4 heterocycles. The molecular weight excluding hydrogens is 473 g/mol. The lowest BCUT2D eigenvalue weighted by Gasteiger charge is -2.31. The third-order valence-corrected chi connectivity index (χ3v) is 5.89. The second-order valence-corrected chi connectivity index (χ2v) is 7.89. The van der Waals surface area contributed by atoms with Crippen LogP contribution in [0.1, 0.15) is 36.6 Å². The van der Waals surface area contributed by atoms with Gasteiger partial charge in [0.15, 0.2) is 0 Å². The van der Waals surface area contributed by atoms with Crippen molar-refractivity contribution in [2.24, 2.45) is 0 Å². The van der Waals surface area contributed by atoms with Gasteiger partial charge >= 0.3 is 6.18 Å². The predicted octanol–water partition coefficient (Wildman–Crippen LogP) is 0.410. The highest BCUT2D eigenvalue weighted by molar-refractivity contribution is 5.76. The first-order valence-electron chi connectivity index (χ1n) is 10.5. The van der Waals surface area contributed by atoms with Gasteiger partial charge in [0.2, 0.25) is 11.8 Å². The summed E-state index contributed by atoms with van der Waals surface area (Å²) in [5, 5.41) is 3.42. The second kappa shape index (κ2) is 12.0. The van der Waals surface area contributed by atoms with Crippen LogP contribution in [0.5, 0.6) is 5.88 Å². The van der Waals surface area contributed by atoms with Gasteiger partial charge in [0, 0.05) is 50.6 Å². The number of carbonyl (C=O) groups is 1. The standard InChI is InChI=1S/C21H25F3N6O2.3H2O/c1-3-18(31)30-6-4-13(10-30)28-19-15-11-29(7-5-17(15)26-12-27-19)14-8-16(21(22,23)24)20(32-2)25-9-14;;;/h8-9,12-13H,3-7,10-11H2,1-2H3,(H,26,27,28);3*1H2/t13-;;;/m0.../s1. The first-order valence-corrected chi connectivity index (χ1v) is 10.5. The fourth-order valence-electron chi connectivity index (χ4n) is 4.19. The van der Waals surface area contributed by atoms with E-state index in [1.807, 2.05) is 16.7 Å². The first kappa shape index (κ1) is 29.8. The summed E-state index contributed by atoms with van der Waals surface area (Å²) in [7, 11) is 1.17. The molecule has 1 amide bonds. The normalized spacial score (nSPS) is 16.9. The summed E-state index contributed by atoms with van der Waals surface area (Å²) >= 11 is 0. The van der Waals surface area contributed by atoms with Crippen LogP contribution in [0.4, 0.5) is 24.7 Å². The monoisotopic (exact) mass is 504 g/mol. The topological polar surface area (TPSA) is 178 Å². The predicted molar refractivity (Wildman–Crippen MR) is 122 cm³/mol. The molecule has 4 rings (SSSR count). The van der Waals surface area contributed by atoms with Gasteiger partial charge in [-0.25, -0.2) is 15.0 Å². The van der Waals surface area contributed by atoms with Crippen molar-refractivity contribution in [2.75, 3.05) is 37.0 Å². The summed E-state index contributed by atoms with van der Waals surface area (Å²) in [6.45, 7) is 4.01. The van der Waals surface area contributed by atoms with Gasteiger partial charge in [-0.2, -0.15) is 13.2 Å². The second-order valence-electron chi connectivity index (χ2n) is 7.89. The molecule has 0 unspecified atom stereocenters. The van der Waals surface area contributed by atoms with Gasteiger partial charge in [0.05, 0.1) is 24.7 Å². The number of ether oxygens (including phenoxy) is 1. The number of rotatable bonds is 5. The Morgan fingerprint density at radius 1 is 1.20 bits per heavy atom. The van der Waals surface area contributed by atoms with Crippen LogP contribution in [0.3, 0.4) is 0 Å². The van der Waals surface area contributed by atoms with E-state index in [-0.39, 0.29) is 28.4 Å². The molecule has 2 aromatic heterocycles. The molecule has 0 radical (unpaired) electrons. The Morgan fingerprint density at radius 3 is 2.60 bits per heavy atom. The van der Waals surface area contributed by atoms with Crippen molar-refractivity contribution < 1.29 is 39.1 Å². The van der Waals surface area contributed by atoms with E-state index in [9.17, 15) is 18.0 Å². The van der Waals surface area contributed by atoms with Crippen molar-refractivity contribution >= 4 is 17.4 Å². The number of halogens is 3. The number of aromatic nitrogens is 3. The quantitative estimate of drug-likeness (QED) is 0.612. The molecule has 7 N–H and O–H groups in total. The fourth-order valence-corrected chi connectivity index (χ4v) is 4.19. The lowest BCUT2D eigenvalue weighted by atomic mass is 10.0. The highest BCUT2D eigenvalue weighted by atomic mass is 19.4. The van der Waals surface area contributed by atoms with Crippen molar-refractivity contribution in [3.63, 3.8) is 0 Å². The third kappa shape index (κ3) is 6.26. The SMILES string of the molecule is CCC(=O)N1CC[C@H](Nc2ncnc3c2CN(c2cnc(OC)c(C(F)(F)F)c2)CC3)C1.O.O.O. The minimum Gasteiger partial charge on any atom is -0.481 e. The number of alkyl halides is 3. The van der Waals surface area contributed by atoms with E-state index in [0.29, 0.717) is 50.5 Å². The maximum atomic E-state index is 13.4. The van der Waals surface area contributed by atoms with Crippen LogP contribution in [-0.4, -0.2) is 75.0 Å². The molecule has 1 saturated heterocycles. The summed E-state index contributed by atoms with van der Waals surface area (Å²) in [6, 6.07) is 1.14. The van der Waals surface area contributed by atoms with Crippen molar-refractivity contribution in [2.45, 2.75) is 44.9 Å². The molecule has 196 valence electrons. The zero-order valence-electron chi connectivity index (χ0n) is 19.4. The summed E-state index contributed by atoms with van der Waals surface area (Å²) in [5.74, 6) is 0.336. The molecule has 0 bridgehead atoms. The molecule has 2 aliphatic heterocycles. The molecule has 0 aliphatic carbocycles. The lowest BCUT2D eigenvalue weighted by Crippen LogP contribution is -2.34. The third-order valence-electron chi connectivity index (χ3n) is 5.89. The molecule has 35 heavy (non-hydrogen) atoms. The Hall–Kier alpha value is -3.23. The van der Waals surface area contributed by atoms with Crippen LogP contribution in [0.2, 0.25) is 0 Å². The maximum absolute atomic E-state index is 13.4. The summed E-state index contributed by atoms with van der Waals surface area (Å²) in [5.41, 5.74) is 1.18. The number of anilines is 2. The molecule has 0 spiro atoms. The number of nitrogens with one attached hydrogen (secondary N) is 1. The van der Waals surface area contributed by atoms with Gasteiger partial charge in [0.25, 0.3) is 0 Å². The summed E-state index contributed by atoms with van der Waals surface area (Å²) in [6.07, 6.45) is 0.178. The summed E-state index contributed by atoms with van der Waals surface area (Å²) in [4.78, 5) is 28.2. The van der Waals surface area contributed by atoms with Crippen LogP contribution in [0.15, 0.2) is 18.6 Å². The molecular formula is C21H31F3N6O5.